The van der Waals surface area contributed by atoms with Gasteiger partial charge >= 0.3 is 0 Å². The quantitative estimate of drug-likeness (QED) is 0.881. The number of rotatable bonds is 6. The van der Waals surface area contributed by atoms with E-state index in [4.69, 9.17) is 9.47 Å². The van der Waals surface area contributed by atoms with Crippen LogP contribution in [-0.2, 0) is 11.2 Å². The third kappa shape index (κ3) is 3.45. The number of ketones is 1. The maximum Gasteiger partial charge on any atom is 0.207 e. The summed E-state index contributed by atoms with van der Waals surface area (Å²) in [4.78, 5) is 15.3. The molecule has 2 aromatic rings. The Balaban J connectivity index is 2.20. The summed E-state index contributed by atoms with van der Waals surface area (Å²) in [5.74, 6) is 1.94. The van der Waals surface area contributed by atoms with Gasteiger partial charge in [0, 0.05) is 17.6 Å². The van der Waals surface area contributed by atoms with E-state index >= 15 is 0 Å². The lowest BCUT2D eigenvalue weighted by atomic mass is 10.2. The van der Waals surface area contributed by atoms with E-state index in [9.17, 15) is 4.79 Å². The molecule has 0 unspecified atom stereocenters. The molecule has 1 N–H and O–H groups in total. The fraction of sp³-hybridized carbons (Fsp3) is 0.308. The number of methoxy groups -OCH3 is 2. The summed E-state index contributed by atoms with van der Waals surface area (Å²) in [5.41, 5.74) is 0.734. The number of carbonyl (C=O) groups is 1. The number of nitrogens with zero attached hydrogens (tertiary/aromatic N) is 2. The van der Waals surface area contributed by atoms with Crippen LogP contribution in [-0.4, -0.2) is 29.4 Å². The van der Waals surface area contributed by atoms with Crippen molar-refractivity contribution in [2.45, 2.75) is 13.3 Å². The lowest BCUT2D eigenvalue weighted by Gasteiger charge is -2.10. The minimum Gasteiger partial charge on any atom is -0.497 e. The van der Waals surface area contributed by atoms with Gasteiger partial charge in [-0.1, -0.05) is 0 Å². The summed E-state index contributed by atoms with van der Waals surface area (Å²) >= 11 is 1.20. The van der Waals surface area contributed by atoms with Crippen molar-refractivity contribution in [2.24, 2.45) is 0 Å². The SMILES string of the molecule is COc1ccc(OC)c(Nc2nc(CC(C)=O)ns2)c1. The minimum atomic E-state index is 0.0355. The molecule has 1 aromatic heterocycles. The van der Waals surface area contributed by atoms with Gasteiger partial charge in [0.25, 0.3) is 0 Å². The highest BCUT2D eigenvalue weighted by atomic mass is 32.1. The number of carbonyl (C=O) groups excluding carboxylic acids is 1. The number of nitrogens with one attached hydrogen (secondary N) is 1. The lowest BCUT2D eigenvalue weighted by molar-refractivity contribution is -0.116. The van der Waals surface area contributed by atoms with Crippen molar-refractivity contribution in [3.63, 3.8) is 0 Å². The van der Waals surface area contributed by atoms with Crippen LogP contribution in [0.25, 0.3) is 0 Å². The summed E-state index contributed by atoms with van der Waals surface area (Å²) in [6.45, 7) is 1.51. The molecule has 0 aliphatic rings. The molecule has 20 heavy (non-hydrogen) atoms. The summed E-state index contributed by atoms with van der Waals surface area (Å²) in [6.07, 6.45) is 0.243. The van der Waals surface area contributed by atoms with E-state index in [1.54, 1.807) is 20.3 Å². The van der Waals surface area contributed by atoms with Crippen LogP contribution in [0.1, 0.15) is 12.7 Å². The second-order valence-electron chi connectivity index (χ2n) is 4.09. The van der Waals surface area contributed by atoms with Gasteiger partial charge in [-0.3, -0.25) is 4.79 Å². The Morgan fingerprint density at radius 2 is 2.15 bits per heavy atom. The van der Waals surface area contributed by atoms with Gasteiger partial charge in [0.05, 0.1) is 26.3 Å². The van der Waals surface area contributed by atoms with Gasteiger partial charge in [-0.25, -0.2) is 4.98 Å². The number of ether oxygens (including phenoxy) is 2. The summed E-state index contributed by atoms with van der Waals surface area (Å²) in [7, 11) is 3.19. The number of aromatic nitrogens is 2. The minimum absolute atomic E-state index is 0.0355. The van der Waals surface area contributed by atoms with Crippen LogP contribution in [0.2, 0.25) is 0 Å². The average molecular weight is 293 g/mol. The molecule has 7 heteroatoms. The van der Waals surface area contributed by atoms with E-state index in [-0.39, 0.29) is 12.2 Å². The zero-order chi connectivity index (χ0) is 14.5. The molecule has 0 saturated carbocycles. The van der Waals surface area contributed by atoms with Crippen molar-refractivity contribution < 1.29 is 14.3 Å². The molecule has 0 aliphatic heterocycles. The van der Waals surface area contributed by atoms with Gasteiger partial charge in [0.1, 0.15) is 17.3 Å². The number of anilines is 2. The molecule has 0 radical (unpaired) electrons. The Morgan fingerprint density at radius 3 is 2.80 bits per heavy atom. The van der Waals surface area contributed by atoms with E-state index in [0.29, 0.717) is 22.5 Å². The first-order valence-corrected chi connectivity index (χ1v) is 6.70. The van der Waals surface area contributed by atoms with Gasteiger partial charge in [-0.15, -0.1) is 0 Å². The maximum absolute atomic E-state index is 11.0. The summed E-state index contributed by atoms with van der Waals surface area (Å²) in [6, 6.07) is 5.43. The molecule has 0 saturated heterocycles. The van der Waals surface area contributed by atoms with E-state index in [1.165, 1.54) is 18.5 Å². The van der Waals surface area contributed by atoms with Crippen LogP contribution in [0.4, 0.5) is 10.8 Å². The first kappa shape index (κ1) is 14.3. The third-order valence-electron chi connectivity index (χ3n) is 2.52. The molecule has 0 amide bonds. The van der Waals surface area contributed by atoms with Gasteiger partial charge < -0.3 is 14.8 Å². The standard InChI is InChI=1S/C13H15N3O3S/c1-8(17)6-12-15-13(20-16-12)14-10-7-9(18-2)4-5-11(10)19-3/h4-5,7H,6H2,1-3H3,(H,14,15,16). The van der Waals surface area contributed by atoms with Gasteiger partial charge in [-0.2, -0.15) is 4.37 Å². The normalized spacial score (nSPS) is 10.2. The Bertz CT molecular complexity index is 613. The molecule has 1 aromatic carbocycles. The molecule has 0 bridgehead atoms. The first-order chi connectivity index (χ1) is 9.62. The zero-order valence-electron chi connectivity index (χ0n) is 11.5. The van der Waals surface area contributed by atoms with Crippen LogP contribution in [0.15, 0.2) is 18.2 Å². The molecule has 6 nitrogen and oxygen atoms in total. The molecule has 0 atom stereocenters. The van der Waals surface area contributed by atoms with Crippen LogP contribution >= 0.6 is 11.5 Å². The van der Waals surface area contributed by atoms with Crippen molar-refractivity contribution in [3.05, 3.63) is 24.0 Å². The zero-order valence-corrected chi connectivity index (χ0v) is 12.3. The molecule has 2 rings (SSSR count). The highest BCUT2D eigenvalue weighted by molar-refractivity contribution is 7.09. The third-order valence-corrected chi connectivity index (χ3v) is 3.19. The van der Waals surface area contributed by atoms with Crippen molar-refractivity contribution in [2.75, 3.05) is 19.5 Å². The highest BCUT2D eigenvalue weighted by Gasteiger charge is 2.10. The number of benzene rings is 1. The molecule has 0 fully saturated rings. The van der Waals surface area contributed by atoms with Crippen molar-refractivity contribution >= 4 is 28.1 Å². The number of hydrogen-bond acceptors (Lipinski definition) is 7. The number of hydrogen-bond donors (Lipinski definition) is 1. The first-order valence-electron chi connectivity index (χ1n) is 5.93. The van der Waals surface area contributed by atoms with E-state index < -0.39 is 0 Å². The van der Waals surface area contributed by atoms with Gasteiger partial charge in [0.15, 0.2) is 5.82 Å². The van der Waals surface area contributed by atoms with Crippen molar-refractivity contribution in [1.82, 2.24) is 9.36 Å². The molecule has 106 valence electrons. The fourth-order valence-corrected chi connectivity index (χ4v) is 2.23. The molecule has 0 spiro atoms. The Hall–Kier alpha value is -2.15. The van der Waals surface area contributed by atoms with E-state index in [1.807, 2.05) is 12.1 Å². The van der Waals surface area contributed by atoms with Crippen LogP contribution in [0.5, 0.6) is 11.5 Å². The Morgan fingerprint density at radius 1 is 1.35 bits per heavy atom. The van der Waals surface area contributed by atoms with Gasteiger partial charge in [-0.05, 0) is 19.1 Å². The largest absolute Gasteiger partial charge is 0.497 e. The summed E-state index contributed by atoms with van der Waals surface area (Å²) < 4.78 is 14.6. The van der Waals surface area contributed by atoms with Crippen LogP contribution in [0.3, 0.4) is 0 Å². The Labute approximate surface area is 120 Å². The summed E-state index contributed by atoms with van der Waals surface area (Å²) in [5, 5.41) is 3.72. The Kier molecular flexibility index (Phi) is 4.52. The molecular formula is C13H15N3O3S. The fourth-order valence-electron chi connectivity index (χ4n) is 1.63. The van der Waals surface area contributed by atoms with Gasteiger partial charge in [0.2, 0.25) is 5.13 Å². The second-order valence-corrected chi connectivity index (χ2v) is 4.84. The molecule has 1 heterocycles. The van der Waals surface area contributed by atoms with Crippen LogP contribution < -0.4 is 14.8 Å². The van der Waals surface area contributed by atoms with E-state index in [2.05, 4.69) is 14.7 Å². The van der Waals surface area contributed by atoms with E-state index in [0.717, 1.165) is 5.69 Å². The smallest absolute Gasteiger partial charge is 0.207 e. The maximum atomic E-state index is 11.0. The van der Waals surface area contributed by atoms with Crippen molar-refractivity contribution in [1.29, 1.82) is 0 Å². The van der Waals surface area contributed by atoms with Crippen LogP contribution in [0, 0.1) is 0 Å². The highest BCUT2D eigenvalue weighted by Crippen LogP contribution is 2.31. The predicted octanol–water partition coefficient (Wildman–Crippen LogP) is 2.43. The monoisotopic (exact) mass is 293 g/mol. The second kappa shape index (κ2) is 6.33. The number of Topliss-reactive ketones (excluding diaryl/α,β-unsaturated/α-hetero) is 1. The van der Waals surface area contributed by atoms with Crippen molar-refractivity contribution in [3.8, 4) is 11.5 Å². The predicted molar refractivity (Wildman–Crippen MR) is 77.1 cm³/mol. The average Bonchev–Trinajstić information content (AvgIpc) is 2.85. The lowest BCUT2D eigenvalue weighted by Crippen LogP contribution is -1.99. The topological polar surface area (TPSA) is 73.3 Å². The molecular weight excluding hydrogens is 278 g/mol. The molecule has 0 aliphatic carbocycles.